The molecule has 0 spiro atoms. The maximum atomic E-state index is 5.59. The van der Waals surface area contributed by atoms with Gasteiger partial charge >= 0.3 is 0 Å². The Balaban J connectivity index is 1.69. The number of hydrogen-bond donors (Lipinski definition) is 2. The summed E-state index contributed by atoms with van der Waals surface area (Å²) in [4.78, 5) is 2.02. The summed E-state index contributed by atoms with van der Waals surface area (Å²) >= 11 is 0. The van der Waals surface area contributed by atoms with Crippen LogP contribution in [0.1, 0.15) is 57.1 Å². The van der Waals surface area contributed by atoms with Crippen molar-refractivity contribution in [1.82, 2.24) is 15.5 Å². The molecular weight excluding hydrogens is 394 g/mol. The predicted molar refractivity (Wildman–Crippen MR) is 136 cm³/mol. The molecule has 2 N–H and O–H groups in total. The van der Waals surface area contributed by atoms with Crippen molar-refractivity contribution < 1.29 is 4.74 Å². The Kier molecular flexibility index (Phi) is 8.03. The van der Waals surface area contributed by atoms with Crippen LogP contribution in [0, 0.1) is 5.92 Å². The van der Waals surface area contributed by atoms with Crippen molar-refractivity contribution in [3.05, 3.63) is 83.4 Å². The van der Waals surface area contributed by atoms with Gasteiger partial charge in [0.2, 0.25) is 0 Å². The third-order valence-electron chi connectivity index (χ3n) is 6.73. The van der Waals surface area contributed by atoms with Crippen LogP contribution in [-0.2, 0) is 4.74 Å². The van der Waals surface area contributed by atoms with Gasteiger partial charge in [0.05, 0.1) is 0 Å². The molecule has 2 aliphatic rings. The topological polar surface area (TPSA) is 36.5 Å². The second kappa shape index (κ2) is 10.7. The molecule has 1 aliphatic carbocycles. The van der Waals surface area contributed by atoms with E-state index in [1.165, 1.54) is 23.3 Å². The maximum Gasteiger partial charge on any atom is 0.100 e. The average Bonchev–Trinajstić information content (AvgIpc) is 2.80. The Morgan fingerprint density at radius 1 is 1.03 bits per heavy atom. The summed E-state index contributed by atoms with van der Waals surface area (Å²) in [7, 11) is 4.00. The van der Waals surface area contributed by atoms with Gasteiger partial charge < -0.3 is 20.3 Å². The van der Waals surface area contributed by atoms with Crippen LogP contribution in [0.3, 0.4) is 0 Å². The summed E-state index contributed by atoms with van der Waals surface area (Å²) in [6, 6.07) is 8.29. The van der Waals surface area contributed by atoms with Crippen molar-refractivity contribution in [2.75, 3.05) is 27.3 Å². The Labute approximate surface area is 194 Å². The largest absolute Gasteiger partial charge is 0.381 e. The smallest absolute Gasteiger partial charge is 0.100 e. The second-order valence-electron chi connectivity index (χ2n) is 8.99. The van der Waals surface area contributed by atoms with Crippen molar-refractivity contribution in [3.63, 3.8) is 0 Å². The van der Waals surface area contributed by atoms with Crippen molar-refractivity contribution in [3.8, 4) is 0 Å². The molecule has 1 fully saturated rings. The molecule has 0 saturated carbocycles. The number of nitrogens with one attached hydrogen (secondary N) is 2. The van der Waals surface area contributed by atoms with Crippen LogP contribution in [0.2, 0.25) is 0 Å². The van der Waals surface area contributed by atoms with Crippen LogP contribution in [0.15, 0.2) is 72.2 Å². The lowest BCUT2D eigenvalue weighted by atomic mass is 9.79. The molecule has 0 amide bonds. The van der Waals surface area contributed by atoms with Gasteiger partial charge in [-0.25, -0.2) is 0 Å². The van der Waals surface area contributed by atoms with Gasteiger partial charge in [-0.15, -0.1) is 0 Å². The van der Waals surface area contributed by atoms with Gasteiger partial charge in [0.15, 0.2) is 0 Å². The molecule has 3 rings (SSSR count). The van der Waals surface area contributed by atoms with Crippen LogP contribution in [0.4, 0.5) is 0 Å². The fourth-order valence-electron chi connectivity index (χ4n) is 4.67. The van der Waals surface area contributed by atoms with Gasteiger partial charge in [-0.1, -0.05) is 56.5 Å². The molecule has 4 heteroatoms. The zero-order valence-corrected chi connectivity index (χ0v) is 20.3. The van der Waals surface area contributed by atoms with Crippen LogP contribution >= 0.6 is 0 Å². The van der Waals surface area contributed by atoms with Crippen molar-refractivity contribution in [2.24, 2.45) is 5.92 Å². The third kappa shape index (κ3) is 5.55. The molecule has 1 saturated heterocycles. The first-order valence-corrected chi connectivity index (χ1v) is 11.7. The van der Waals surface area contributed by atoms with Gasteiger partial charge in [-0.2, -0.15) is 0 Å². The standard InChI is InChI=1S/C28H39N3O/c1-8-23-13-14-27(26-15-17-32-18-16-26)19(2)28(23)30-22(5)29-20(3)24-9-11-25(12-10-24)21(4)31(6)7/h9-12,26,29-30H,3-5,8,13-18H2,1-2,6-7H3. The first-order chi connectivity index (χ1) is 15.3. The summed E-state index contributed by atoms with van der Waals surface area (Å²) in [5.41, 5.74) is 9.64. The third-order valence-corrected chi connectivity index (χ3v) is 6.73. The van der Waals surface area contributed by atoms with Gasteiger partial charge in [-0.3, -0.25) is 0 Å². The molecule has 0 radical (unpaired) electrons. The summed E-state index contributed by atoms with van der Waals surface area (Å²) in [6.45, 7) is 18.9. The number of benzene rings is 1. The Hall–Kier alpha value is -2.72. The number of nitrogens with zero attached hydrogens (tertiary/aromatic N) is 1. The Bertz CT molecular complexity index is 928. The molecular formula is C28H39N3O. The molecule has 4 nitrogen and oxygen atoms in total. The lowest BCUT2D eigenvalue weighted by Gasteiger charge is -2.32. The molecule has 0 unspecified atom stereocenters. The number of ether oxygens (including phenoxy) is 1. The molecule has 1 heterocycles. The van der Waals surface area contributed by atoms with E-state index in [0.29, 0.717) is 5.92 Å². The van der Waals surface area contributed by atoms with Crippen molar-refractivity contribution in [1.29, 1.82) is 0 Å². The monoisotopic (exact) mass is 433 g/mol. The zero-order valence-electron chi connectivity index (χ0n) is 20.3. The average molecular weight is 434 g/mol. The number of rotatable bonds is 9. The SMILES string of the molecule is C=C(NC(=C)c1ccc(C(=C)N(C)C)cc1)NC1=C(CC)CCC(C2CCOCC2)=C1C. The minimum absolute atomic E-state index is 0.644. The molecule has 0 atom stereocenters. The lowest BCUT2D eigenvalue weighted by Crippen LogP contribution is -2.28. The van der Waals surface area contributed by atoms with E-state index in [1.807, 2.05) is 19.0 Å². The molecule has 172 valence electrons. The summed E-state index contributed by atoms with van der Waals surface area (Å²) in [5, 5.41) is 6.95. The summed E-state index contributed by atoms with van der Waals surface area (Å²) in [6.07, 6.45) is 5.60. The number of hydrogen-bond acceptors (Lipinski definition) is 4. The zero-order chi connectivity index (χ0) is 23.3. The molecule has 1 aromatic carbocycles. The first-order valence-electron chi connectivity index (χ1n) is 11.7. The Morgan fingerprint density at radius 2 is 1.66 bits per heavy atom. The fraction of sp³-hybridized carbons (Fsp3) is 0.429. The summed E-state index contributed by atoms with van der Waals surface area (Å²) in [5.74, 6) is 1.40. The highest BCUT2D eigenvalue weighted by Gasteiger charge is 2.25. The quantitative estimate of drug-likeness (QED) is 0.498. The van der Waals surface area contributed by atoms with Crippen LogP contribution in [-0.4, -0.2) is 32.2 Å². The lowest BCUT2D eigenvalue weighted by molar-refractivity contribution is 0.0746. The molecule has 0 aromatic heterocycles. The van der Waals surface area contributed by atoms with E-state index in [9.17, 15) is 0 Å². The van der Waals surface area contributed by atoms with Gasteiger partial charge in [0.25, 0.3) is 0 Å². The summed E-state index contributed by atoms with van der Waals surface area (Å²) < 4.78 is 5.59. The van der Waals surface area contributed by atoms with Crippen LogP contribution in [0.25, 0.3) is 11.4 Å². The molecule has 1 aliphatic heterocycles. The van der Waals surface area contributed by atoms with Gasteiger partial charge in [0.1, 0.15) is 5.82 Å². The normalized spacial score (nSPS) is 17.2. The predicted octanol–water partition coefficient (Wildman–Crippen LogP) is 6.04. The second-order valence-corrected chi connectivity index (χ2v) is 8.99. The minimum Gasteiger partial charge on any atom is -0.381 e. The minimum atomic E-state index is 0.644. The van der Waals surface area contributed by atoms with Gasteiger partial charge in [0, 0.05) is 44.4 Å². The number of allylic oxidation sites excluding steroid dienone is 3. The van der Waals surface area contributed by atoms with E-state index in [1.54, 1.807) is 5.57 Å². The van der Waals surface area contributed by atoms with E-state index < -0.39 is 0 Å². The van der Waals surface area contributed by atoms with E-state index in [2.05, 4.69) is 68.5 Å². The maximum absolute atomic E-state index is 5.59. The molecule has 1 aromatic rings. The van der Waals surface area contributed by atoms with E-state index >= 15 is 0 Å². The highest BCUT2D eigenvalue weighted by Crippen LogP contribution is 2.38. The van der Waals surface area contributed by atoms with Crippen molar-refractivity contribution >= 4 is 11.4 Å². The van der Waals surface area contributed by atoms with E-state index in [-0.39, 0.29) is 0 Å². The highest BCUT2D eigenvalue weighted by molar-refractivity contribution is 5.67. The molecule has 32 heavy (non-hydrogen) atoms. The van der Waals surface area contributed by atoms with Gasteiger partial charge in [-0.05, 0) is 67.2 Å². The highest BCUT2D eigenvalue weighted by atomic mass is 16.5. The fourth-order valence-corrected chi connectivity index (χ4v) is 4.67. The van der Waals surface area contributed by atoms with Crippen LogP contribution in [0.5, 0.6) is 0 Å². The first kappa shape index (κ1) is 23.9. The van der Waals surface area contributed by atoms with E-state index in [4.69, 9.17) is 4.74 Å². The van der Waals surface area contributed by atoms with Crippen molar-refractivity contribution in [2.45, 2.75) is 46.0 Å². The Morgan fingerprint density at radius 3 is 2.25 bits per heavy atom. The molecule has 0 bridgehead atoms. The van der Waals surface area contributed by atoms with Crippen LogP contribution < -0.4 is 10.6 Å². The van der Waals surface area contributed by atoms with E-state index in [0.717, 1.165) is 67.2 Å².